The third-order valence-electron chi connectivity index (χ3n) is 7.78. The number of rotatable bonds is 5. The normalized spacial score (nSPS) is 26.6. The summed E-state index contributed by atoms with van der Waals surface area (Å²) in [5.41, 5.74) is 0.984. The van der Waals surface area contributed by atoms with Gasteiger partial charge in [-0.3, -0.25) is 19.8 Å². The molecule has 4 atom stereocenters. The summed E-state index contributed by atoms with van der Waals surface area (Å²) in [6.07, 6.45) is 1.59. The van der Waals surface area contributed by atoms with Gasteiger partial charge >= 0.3 is 0 Å². The van der Waals surface area contributed by atoms with E-state index < -0.39 is 17.5 Å². The maximum atomic E-state index is 14.0. The van der Waals surface area contributed by atoms with E-state index >= 15 is 0 Å². The van der Waals surface area contributed by atoms with Crippen LogP contribution in [-0.4, -0.2) is 34.4 Å². The SMILES string of the molecule is O=C1Nc2ccccc2[C@]12[C@H]([N+](=O)[O-])[C@@H](c1ccc(OCc3ccccc3F)c(Cl)c1)[C@H]1CCCN12. The average molecular weight is 508 g/mol. The van der Waals surface area contributed by atoms with E-state index in [0.29, 0.717) is 34.7 Å². The van der Waals surface area contributed by atoms with Gasteiger partial charge in [-0.1, -0.05) is 54.1 Å². The fourth-order valence-electron chi connectivity index (χ4n) is 6.39. The summed E-state index contributed by atoms with van der Waals surface area (Å²) in [6, 6.07) is 17.3. The highest BCUT2D eigenvalue weighted by atomic mass is 35.5. The first-order valence-electron chi connectivity index (χ1n) is 11.9. The van der Waals surface area contributed by atoms with E-state index in [9.17, 15) is 19.3 Å². The Morgan fingerprint density at radius 3 is 2.72 bits per heavy atom. The number of hydrogen-bond donors (Lipinski definition) is 1. The molecule has 3 aromatic carbocycles. The molecule has 1 spiro atoms. The predicted molar refractivity (Wildman–Crippen MR) is 132 cm³/mol. The maximum Gasteiger partial charge on any atom is 0.256 e. The summed E-state index contributed by atoms with van der Waals surface area (Å²) in [4.78, 5) is 27.9. The zero-order valence-corrected chi connectivity index (χ0v) is 20.0. The van der Waals surface area contributed by atoms with E-state index in [1.54, 1.807) is 42.5 Å². The van der Waals surface area contributed by atoms with Crippen molar-refractivity contribution in [3.63, 3.8) is 0 Å². The van der Waals surface area contributed by atoms with Gasteiger partial charge in [0.25, 0.3) is 11.9 Å². The second kappa shape index (κ2) is 8.57. The average Bonchev–Trinajstić information content (AvgIpc) is 3.52. The molecule has 0 bridgehead atoms. The summed E-state index contributed by atoms with van der Waals surface area (Å²) >= 11 is 6.56. The van der Waals surface area contributed by atoms with Crippen molar-refractivity contribution >= 4 is 23.2 Å². The van der Waals surface area contributed by atoms with E-state index in [2.05, 4.69) is 5.32 Å². The highest BCUT2D eigenvalue weighted by molar-refractivity contribution is 6.32. The molecule has 0 aromatic heterocycles. The van der Waals surface area contributed by atoms with Crippen LogP contribution >= 0.6 is 11.6 Å². The Bertz CT molecular complexity index is 1380. The van der Waals surface area contributed by atoms with Gasteiger partial charge < -0.3 is 10.1 Å². The number of hydrogen-bond acceptors (Lipinski definition) is 5. The molecule has 0 radical (unpaired) electrons. The lowest BCUT2D eigenvalue weighted by atomic mass is 9.77. The summed E-state index contributed by atoms with van der Waals surface area (Å²) in [5, 5.41) is 15.9. The van der Waals surface area contributed by atoms with Gasteiger partial charge in [0.15, 0.2) is 5.54 Å². The van der Waals surface area contributed by atoms with Crippen LogP contribution in [0, 0.1) is 15.9 Å². The van der Waals surface area contributed by atoms with Crippen LogP contribution in [0.15, 0.2) is 66.7 Å². The molecule has 1 amide bonds. The van der Waals surface area contributed by atoms with E-state index in [-0.39, 0.29) is 34.3 Å². The smallest absolute Gasteiger partial charge is 0.256 e. The number of halogens is 2. The van der Waals surface area contributed by atoms with Gasteiger partial charge in [-0.25, -0.2) is 4.39 Å². The molecule has 9 heteroatoms. The first-order valence-corrected chi connectivity index (χ1v) is 12.3. The van der Waals surface area contributed by atoms with Gasteiger partial charge in [-0.15, -0.1) is 0 Å². The van der Waals surface area contributed by atoms with Crippen molar-refractivity contribution in [1.29, 1.82) is 0 Å². The molecule has 3 aliphatic rings. The van der Waals surface area contributed by atoms with Gasteiger partial charge in [0, 0.05) is 34.3 Å². The highest BCUT2D eigenvalue weighted by Crippen LogP contribution is 2.58. The Morgan fingerprint density at radius 1 is 1.17 bits per heavy atom. The topological polar surface area (TPSA) is 84.7 Å². The number of amides is 1. The molecule has 184 valence electrons. The number of para-hydroxylation sites is 1. The number of nitro groups is 1. The molecule has 0 unspecified atom stereocenters. The second-order valence-electron chi connectivity index (χ2n) is 9.49. The van der Waals surface area contributed by atoms with Crippen molar-refractivity contribution in [2.24, 2.45) is 0 Å². The maximum absolute atomic E-state index is 14.0. The number of nitrogens with zero attached hydrogens (tertiary/aromatic N) is 2. The monoisotopic (exact) mass is 507 g/mol. The Kier molecular flexibility index (Phi) is 5.46. The second-order valence-corrected chi connectivity index (χ2v) is 9.90. The molecule has 3 aliphatic heterocycles. The van der Waals surface area contributed by atoms with Crippen LogP contribution in [0.1, 0.15) is 35.4 Å². The highest BCUT2D eigenvalue weighted by Gasteiger charge is 2.73. The minimum Gasteiger partial charge on any atom is -0.487 e. The molecule has 1 N–H and O–H groups in total. The molecular formula is C27H23ClFN3O4. The number of fused-ring (bicyclic) bond motifs is 4. The molecule has 7 nitrogen and oxygen atoms in total. The van der Waals surface area contributed by atoms with Crippen molar-refractivity contribution in [3.05, 3.63) is 104 Å². The van der Waals surface area contributed by atoms with Crippen LogP contribution in [0.3, 0.4) is 0 Å². The van der Waals surface area contributed by atoms with E-state index in [1.807, 2.05) is 23.1 Å². The Morgan fingerprint density at radius 2 is 1.94 bits per heavy atom. The Hall–Kier alpha value is -3.49. The van der Waals surface area contributed by atoms with Crippen molar-refractivity contribution in [2.75, 3.05) is 11.9 Å². The van der Waals surface area contributed by atoms with Crippen LogP contribution in [0.4, 0.5) is 10.1 Å². The molecular weight excluding hydrogens is 485 g/mol. The number of nitrogens with one attached hydrogen (secondary N) is 1. The van der Waals surface area contributed by atoms with Crippen molar-refractivity contribution in [1.82, 2.24) is 4.90 Å². The predicted octanol–water partition coefficient (Wildman–Crippen LogP) is 5.11. The summed E-state index contributed by atoms with van der Waals surface area (Å²) in [5.74, 6) is -0.902. The number of anilines is 1. The molecule has 2 fully saturated rings. The third kappa shape index (κ3) is 3.24. The molecule has 0 aliphatic carbocycles. The van der Waals surface area contributed by atoms with E-state index in [1.165, 1.54) is 6.07 Å². The zero-order chi connectivity index (χ0) is 25.0. The Labute approximate surface area is 212 Å². The first kappa shape index (κ1) is 22.9. The number of benzene rings is 3. The van der Waals surface area contributed by atoms with Crippen LogP contribution in [-0.2, 0) is 16.9 Å². The summed E-state index contributed by atoms with van der Waals surface area (Å²) in [7, 11) is 0. The Balaban J connectivity index is 1.38. The van der Waals surface area contributed by atoms with Crippen molar-refractivity contribution in [3.8, 4) is 5.75 Å². The number of ether oxygens (including phenoxy) is 1. The van der Waals surface area contributed by atoms with Crippen molar-refractivity contribution < 1.29 is 18.8 Å². The number of carbonyl (C=O) groups excluding carboxylic acids is 1. The van der Waals surface area contributed by atoms with Gasteiger partial charge in [0.2, 0.25) is 0 Å². The summed E-state index contributed by atoms with van der Waals surface area (Å²) in [6.45, 7) is 0.605. The quantitative estimate of drug-likeness (QED) is 0.383. The summed E-state index contributed by atoms with van der Waals surface area (Å²) < 4.78 is 19.7. The molecule has 0 saturated carbocycles. The standard InChI is InChI=1S/C27H23ClFN3O4/c28-19-14-16(11-12-23(19)36-15-17-6-1-3-8-20(17)29)24-22-10-5-13-31(22)27(25(24)32(34)35)18-7-2-4-9-21(18)30-26(27)33/h1-4,6-9,11-12,14,22,24-25H,5,10,13,15H2,(H,30,33)/t22-,24+,25-,27+/m1/s1. The lowest BCUT2D eigenvalue weighted by Crippen LogP contribution is -2.55. The molecule has 3 heterocycles. The molecule has 36 heavy (non-hydrogen) atoms. The van der Waals surface area contributed by atoms with E-state index in [4.69, 9.17) is 16.3 Å². The molecule has 2 saturated heterocycles. The van der Waals surface area contributed by atoms with Gasteiger partial charge in [-0.05, 0) is 42.7 Å². The lowest BCUT2D eigenvalue weighted by Gasteiger charge is -2.32. The minimum absolute atomic E-state index is 0.00314. The van der Waals surface area contributed by atoms with Crippen LogP contribution in [0.25, 0.3) is 0 Å². The minimum atomic E-state index is -1.38. The van der Waals surface area contributed by atoms with Gasteiger partial charge in [0.1, 0.15) is 18.2 Å². The van der Waals surface area contributed by atoms with Gasteiger partial charge in [-0.2, -0.15) is 0 Å². The largest absolute Gasteiger partial charge is 0.487 e. The molecule has 6 rings (SSSR count). The third-order valence-corrected chi connectivity index (χ3v) is 8.07. The molecule has 3 aromatic rings. The van der Waals surface area contributed by atoms with Crippen LogP contribution in [0.2, 0.25) is 5.02 Å². The first-order chi connectivity index (χ1) is 17.4. The van der Waals surface area contributed by atoms with Crippen LogP contribution in [0.5, 0.6) is 5.75 Å². The fourth-order valence-corrected chi connectivity index (χ4v) is 6.63. The lowest BCUT2D eigenvalue weighted by molar-refractivity contribution is -0.534. The van der Waals surface area contributed by atoms with Crippen molar-refractivity contribution in [2.45, 2.75) is 43.0 Å². The zero-order valence-electron chi connectivity index (χ0n) is 19.2. The van der Waals surface area contributed by atoms with Gasteiger partial charge in [0.05, 0.1) is 10.9 Å². The van der Waals surface area contributed by atoms with Crippen LogP contribution < -0.4 is 10.1 Å². The fraction of sp³-hybridized carbons (Fsp3) is 0.296. The number of carbonyl (C=O) groups is 1. The van der Waals surface area contributed by atoms with E-state index in [0.717, 1.165) is 12.8 Å².